The first-order chi connectivity index (χ1) is 13.7. The number of likely N-dealkylation sites (tertiary alicyclic amines) is 1. The third kappa shape index (κ3) is 3.50. The van der Waals surface area contributed by atoms with Gasteiger partial charge in [-0.3, -0.25) is 9.69 Å². The summed E-state index contributed by atoms with van der Waals surface area (Å²) in [5, 5.41) is 0. The van der Waals surface area contributed by atoms with Crippen LogP contribution in [0.2, 0.25) is 0 Å². The van der Waals surface area contributed by atoms with E-state index in [4.69, 9.17) is 5.73 Å². The molecule has 0 unspecified atom stereocenters. The van der Waals surface area contributed by atoms with E-state index < -0.39 is 0 Å². The van der Waals surface area contributed by atoms with Gasteiger partial charge in [0, 0.05) is 43.7 Å². The number of carbonyl (C=O) groups excluding carboxylic acids is 1. The minimum Gasteiger partial charge on any atom is -0.342 e. The van der Waals surface area contributed by atoms with Gasteiger partial charge in [-0.1, -0.05) is 30.3 Å². The Balaban J connectivity index is 1.29. The fraction of sp³-hybridized carbons (Fsp3) is 0.708. The molecule has 152 valence electrons. The fourth-order valence-corrected chi connectivity index (χ4v) is 6.65. The summed E-state index contributed by atoms with van der Waals surface area (Å²) >= 11 is 0. The normalized spacial score (nSPS) is 38.7. The Bertz CT molecular complexity index is 684. The van der Waals surface area contributed by atoms with Crippen molar-refractivity contribution >= 4 is 5.91 Å². The van der Waals surface area contributed by atoms with Gasteiger partial charge in [-0.05, 0) is 68.8 Å². The van der Waals surface area contributed by atoms with E-state index in [0.29, 0.717) is 35.9 Å². The van der Waals surface area contributed by atoms with Gasteiger partial charge in [-0.25, -0.2) is 0 Å². The maximum absolute atomic E-state index is 13.2. The van der Waals surface area contributed by atoms with E-state index >= 15 is 0 Å². The lowest BCUT2D eigenvalue weighted by Gasteiger charge is -2.55. The van der Waals surface area contributed by atoms with Gasteiger partial charge < -0.3 is 10.6 Å². The molecule has 0 spiro atoms. The number of hydrogen-bond acceptors (Lipinski definition) is 3. The van der Waals surface area contributed by atoms with Crippen LogP contribution in [0.15, 0.2) is 30.3 Å². The van der Waals surface area contributed by atoms with Crippen molar-refractivity contribution in [2.24, 2.45) is 23.5 Å². The molecular weight excluding hydrogens is 346 g/mol. The molecule has 4 fully saturated rings. The number of carbonyl (C=O) groups is 1. The van der Waals surface area contributed by atoms with Gasteiger partial charge in [0.05, 0.1) is 0 Å². The lowest BCUT2D eigenvalue weighted by Crippen LogP contribution is -2.61. The van der Waals surface area contributed by atoms with Crippen LogP contribution in [0.25, 0.3) is 0 Å². The standard InChI is InChI=1S/C24H35N3O/c25-21-11-9-19(10-12-21)24(28)26-14-17-13-20(16-26)23-8-4-7-22(27(23)15-17)18-5-2-1-3-6-18/h1-3,5-6,17,19-23H,4,7-16,25H2/t17-,19?,20+,21?,22+,23-/m0/s1. The Labute approximate surface area is 169 Å². The van der Waals surface area contributed by atoms with E-state index in [2.05, 4.69) is 40.1 Å². The molecule has 28 heavy (non-hydrogen) atoms. The van der Waals surface area contributed by atoms with Crippen LogP contribution in [0.5, 0.6) is 0 Å². The molecule has 0 radical (unpaired) electrons. The van der Waals surface area contributed by atoms with Crippen LogP contribution in [-0.2, 0) is 4.79 Å². The van der Waals surface area contributed by atoms with Gasteiger partial charge in [0.2, 0.25) is 5.91 Å². The average molecular weight is 382 g/mol. The van der Waals surface area contributed by atoms with E-state index in [1.54, 1.807) is 0 Å². The number of piperidine rings is 3. The number of hydrogen-bond donors (Lipinski definition) is 1. The van der Waals surface area contributed by atoms with Gasteiger partial charge in [0.25, 0.3) is 0 Å². The van der Waals surface area contributed by atoms with Crippen LogP contribution < -0.4 is 5.73 Å². The Morgan fingerprint density at radius 1 is 0.929 bits per heavy atom. The molecule has 4 heteroatoms. The Hall–Kier alpha value is -1.39. The highest BCUT2D eigenvalue weighted by Crippen LogP contribution is 2.44. The molecule has 1 aliphatic carbocycles. The van der Waals surface area contributed by atoms with Crippen LogP contribution in [0.4, 0.5) is 0 Å². The first kappa shape index (κ1) is 18.6. The number of fused-ring (bicyclic) bond motifs is 4. The van der Waals surface area contributed by atoms with Crippen molar-refractivity contribution < 1.29 is 4.79 Å². The molecule has 5 rings (SSSR count). The SMILES string of the molecule is NC1CCC(C(=O)N2C[C@@H]3C[C@H](C2)[C@@H]2CCC[C@H](c4ccccc4)N2C3)CC1. The molecule has 3 aliphatic heterocycles. The Morgan fingerprint density at radius 3 is 2.50 bits per heavy atom. The van der Waals surface area contributed by atoms with Crippen LogP contribution >= 0.6 is 0 Å². The number of amides is 1. The van der Waals surface area contributed by atoms with Gasteiger partial charge in [-0.2, -0.15) is 0 Å². The van der Waals surface area contributed by atoms with Crippen LogP contribution in [0.1, 0.15) is 63.0 Å². The molecule has 4 atom stereocenters. The van der Waals surface area contributed by atoms with E-state index in [1.165, 1.54) is 37.8 Å². The molecule has 3 saturated heterocycles. The number of nitrogens with zero attached hydrogens (tertiary/aromatic N) is 2. The summed E-state index contributed by atoms with van der Waals surface area (Å²) in [6.07, 6.45) is 9.26. The summed E-state index contributed by atoms with van der Waals surface area (Å²) in [7, 11) is 0. The fourth-order valence-electron chi connectivity index (χ4n) is 6.65. The second-order valence-electron chi connectivity index (χ2n) is 9.84. The monoisotopic (exact) mass is 381 g/mol. The van der Waals surface area contributed by atoms with Crippen LogP contribution in [-0.4, -0.2) is 47.4 Å². The van der Waals surface area contributed by atoms with E-state index in [0.717, 1.165) is 38.8 Å². The summed E-state index contributed by atoms with van der Waals surface area (Å²) in [5.74, 6) is 1.98. The lowest BCUT2D eigenvalue weighted by molar-refractivity contribution is -0.144. The molecule has 2 bridgehead atoms. The molecule has 1 amide bonds. The van der Waals surface area contributed by atoms with Crippen molar-refractivity contribution in [3.63, 3.8) is 0 Å². The first-order valence-corrected chi connectivity index (χ1v) is 11.5. The van der Waals surface area contributed by atoms with Crippen molar-refractivity contribution in [1.82, 2.24) is 9.80 Å². The van der Waals surface area contributed by atoms with E-state index in [9.17, 15) is 4.79 Å². The summed E-state index contributed by atoms with van der Waals surface area (Å²) in [5.41, 5.74) is 7.54. The van der Waals surface area contributed by atoms with Gasteiger partial charge in [0.1, 0.15) is 0 Å². The van der Waals surface area contributed by atoms with E-state index in [-0.39, 0.29) is 5.92 Å². The van der Waals surface area contributed by atoms with E-state index in [1.807, 2.05) is 0 Å². The Morgan fingerprint density at radius 2 is 1.71 bits per heavy atom. The summed E-state index contributed by atoms with van der Waals surface area (Å²) in [4.78, 5) is 18.3. The van der Waals surface area contributed by atoms with Crippen molar-refractivity contribution in [2.75, 3.05) is 19.6 Å². The zero-order valence-corrected chi connectivity index (χ0v) is 17.0. The van der Waals surface area contributed by atoms with Crippen LogP contribution in [0.3, 0.4) is 0 Å². The molecule has 4 nitrogen and oxygen atoms in total. The largest absolute Gasteiger partial charge is 0.342 e. The zero-order valence-electron chi connectivity index (χ0n) is 17.0. The van der Waals surface area contributed by atoms with Crippen molar-refractivity contribution in [3.05, 3.63) is 35.9 Å². The topological polar surface area (TPSA) is 49.6 Å². The quantitative estimate of drug-likeness (QED) is 0.852. The second kappa shape index (κ2) is 7.79. The summed E-state index contributed by atoms with van der Waals surface area (Å²) in [6.45, 7) is 3.13. The Kier molecular flexibility index (Phi) is 5.18. The minimum absolute atomic E-state index is 0.234. The maximum Gasteiger partial charge on any atom is 0.225 e. The molecule has 2 N–H and O–H groups in total. The minimum atomic E-state index is 0.234. The second-order valence-corrected chi connectivity index (χ2v) is 9.84. The first-order valence-electron chi connectivity index (χ1n) is 11.5. The molecular formula is C24H35N3O. The highest BCUT2D eigenvalue weighted by atomic mass is 16.2. The molecule has 4 aliphatic rings. The third-order valence-electron chi connectivity index (χ3n) is 8.00. The lowest BCUT2D eigenvalue weighted by atomic mass is 9.73. The van der Waals surface area contributed by atoms with Gasteiger partial charge in [0.15, 0.2) is 0 Å². The van der Waals surface area contributed by atoms with Gasteiger partial charge in [-0.15, -0.1) is 0 Å². The van der Waals surface area contributed by atoms with Crippen molar-refractivity contribution in [2.45, 2.75) is 69.5 Å². The molecule has 0 aromatic heterocycles. The maximum atomic E-state index is 13.2. The predicted molar refractivity (Wildman–Crippen MR) is 112 cm³/mol. The third-order valence-corrected chi connectivity index (χ3v) is 8.00. The number of rotatable bonds is 2. The van der Waals surface area contributed by atoms with Crippen molar-refractivity contribution in [1.29, 1.82) is 0 Å². The summed E-state index contributed by atoms with van der Waals surface area (Å²) in [6, 6.07) is 12.6. The predicted octanol–water partition coefficient (Wildman–Crippen LogP) is 3.58. The molecule has 3 heterocycles. The van der Waals surface area contributed by atoms with Crippen molar-refractivity contribution in [3.8, 4) is 0 Å². The van der Waals surface area contributed by atoms with Gasteiger partial charge >= 0.3 is 0 Å². The van der Waals surface area contributed by atoms with Crippen LogP contribution in [0, 0.1) is 17.8 Å². The smallest absolute Gasteiger partial charge is 0.225 e. The average Bonchev–Trinajstić information content (AvgIpc) is 2.74. The summed E-state index contributed by atoms with van der Waals surface area (Å²) < 4.78 is 0. The highest BCUT2D eigenvalue weighted by molar-refractivity contribution is 5.79. The number of nitrogens with two attached hydrogens (primary N) is 1. The zero-order chi connectivity index (χ0) is 19.1. The molecule has 1 aromatic rings. The molecule has 1 saturated carbocycles. The number of benzene rings is 1. The molecule has 1 aromatic carbocycles. The highest BCUT2D eigenvalue weighted by Gasteiger charge is 2.46.